The summed E-state index contributed by atoms with van der Waals surface area (Å²) in [5.74, 6) is 0.829. The molecule has 19 heavy (non-hydrogen) atoms. The summed E-state index contributed by atoms with van der Waals surface area (Å²) in [7, 11) is 2.23. The van der Waals surface area contributed by atoms with Crippen LogP contribution in [-0.4, -0.2) is 37.6 Å². The Balaban J connectivity index is 2.05. The van der Waals surface area contributed by atoms with Crippen LogP contribution in [-0.2, 0) is 6.42 Å². The van der Waals surface area contributed by atoms with Crippen molar-refractivity contribution in [1.29, 1.82) is 0 Å². The van der Waals surface area contributed by atoms with E-state index in [2.05, 4.69) is 55.5 Å². The van der Waals surface area contributed by atoms with Gasteiger partial charge in [0.05, 0.1) is 0 Å². The highest BCUT2D eigenvalue weighted by Crippen LogP contribution is 2.13. The molecule has 1 heterocycles. The maximum absolute atomic E-state index is 3.55. The molecular formula is C16H30N2S. The fourth-order valence-corrected chi connectivity index (χ4v) is 2.94. The molecule has 1 N–H and O–H groups in total. The first-order chi connectivity index (χ1) is 9.09. The Morgan fingerprint density at radius 3 is 2.68 bits per heavy atom. The van der Waals surface area contributed by atoms with Gasteiger partial charge in [0.15, 0.2) is 0 Å². The highest BCUT2D eigenvalue weighted by Gasteiger charge is 2.09. The third-order valence-electron chi connectivity index (χ3n) is 3.61. The van der Waals surface area contributed by atoms with Gasteiger partial charge in [0.2, 0.25) is 0 Å². The zero-order chi connectivity index (χ0) is 14.1. The van der Waals surface area contributed by atoms with Crippen LogP contribution in [0, 0.1) is 5.92 Å². The fourth-order valence-electron chi connectivity index (χ4n) is 2.11. The zero-order valence-corrected chi connectivity index (χ0v) is 13.8. The van der Waals surface area contributed by atoms with E-state index in [-0.39, 0.29) is 0 Å². The van der Waals surface area contributed by atoms with Gasteiger partial charge in [-0.15, -0.1) is 11.3 Å². The van der Waals surface area contributed by atoms with Gasteiger partial charge in [-0.1, -0.05) is 19.9 Å². The molecule has 1 aromatic rings. The molecule has 0 aromatic carbocycles. The Hall–Kier alpha value is -0.380. The molecule has 1 aromatic heterocycles. The van der Waals surface area contributed by atoms with Crippen LogP contribution in [0.15, 0.2) is 17.5 Å². The number of likely N-dealkylation sites (N-methyl/N-ethyl adjacent to an activating group) is 1. The van der Waals surface area contributed by atoms with Gasteiger partial charge >= 0.3 is 0 Å². The lowest BCUT2D eigenvalue weighted by Crippen LogP contribution is -2.36. The molecule has 0 saturated heterocycles. The molecule has 1 unspecified atom stereocenters. The highest BCUT2D eigenvalue weighted by atomic mass is 32.1. The van der Waals surface area contributed by atoms with Gasteiger partial charge in [-0.3, -0.25) is 0 Å². The molecule has 110 valence electrons. The van der Waals surface area contributed by atoms with Crippen LogP contribution >= 0.6 is 11.3 Å². The van der Waals surface area contributed by atoms with Crippen LogP contribution in [0.4, 0.5) is 0 Å². The van der Waals surface area contributed by atoms with E-state index in [1.54, 1.807) is 0 Å². The van der Waals surface area contributed by atoms with Crippen molar-refractivity contribution in [2.45, 2.75) is 46.1 Å². The summed E-state index contributed by atoms with van der Waals surface area (Å²) in [6, 6.07) is 5.00. The van der Waals surface area contributed by atoms with E-state index in [9.17, 15) is 0 Å². The topological polar surface area (TPSA) is 15.3 Å². The van der Waals surface area contributed by atoms with Crippen molar-refractivity contribution in [3.63, 3.8) is 0 Å². The predicted molar refractivity (Wildman–Crippen MR) is 87.1 cm³/mol. The Labute approximate surface area is 123 Å². The quantitative estimate of drug-likeness (QED) is 0.659. The molecule has 2 nitrogen and oxygen atoms in total. The van der Waals surface area contributed by atoms with Gasteiger partial charge in [0.1, 0.15) is 0 Å². The summed E-state index contributed by atoms with van der Waals surface area (Å²) in [4.78, 5) is 3.94. The van der Waals surface area contributed by atoms with Crippen LogP contribution in [0.3, 0.4) is 0 Å². The number of thiophene rings is 1. The smallest absolute Gasteiger partial charge is 0.0113 e. The normalized spacial score (nSPS) is 13.4. The maximum atomic E-state index is 3.55. The van der Waals surface area contributed by atoms with Gasteiger partial charge in [-0.2, -0.15) is 0 Å². The number of nitrogens with zero attached hydrogens (tertiary/aromatic N) is 1. The fraction of sp³-hybridized carbons (Fsp3) is 0.750. The van der Waals surface area contributed by atoms with Crippen LogP contribution < -0.4 is 5.32 Å². The van der Waals surface area contributed by atoms with E-state index in [0.717, 1.165) is 25.6 Å². The summed E-state index contributed by atoms with van der Waals surface area (Å²) in [6.45, 7) is 10.3. The Kier molecular flexibility index (Phi) is 8.35. The molecule has 0 radical (unpaired) electrons. The molecule has 0 bridgehead atoms. The molecule has 0 spiro atoms. The van der Waals surface area contributed by atoms with Crippen LogP contribution in [0.25, 0.3) is 0 Å². The van der Waals surface area contributed by atoms with E-state index in [1.165, 1.54) is 24.1 Å². The summed E-state index contributed by atoms with van der Waals surface area (Å²) < 4.78 is 0. The second-order valence-electron chi connectivity index (χ2n) is 5.90. The van der Waals surface area contributed by atoms with Gasteiger partial charge < -0.3 is 10.2 Å². The predicted octanol–water partition coefficient (Wildman–Crippen LogP) is 3.64. The lowest BCUT2D eigenvalue weighted by atomic mass is 10.1. The number of hydrogen-bond donors (Lipinski definition) is 1. The van der Waals surface area contributed by atoms with Crippen LogP contribution in [0.2, 0.25) is 0 Å². The molecule has 0 fully saturated rings. The van der Waals surface area contributed by atoms with E-state index in [1.807, 2.05) is 11.3 Å². The minimum absolute atomic E-state index is 0.621. The van der Waals surface area contributed by atoms with Gasteiger partial charge in [-0.05, 0) is 57.1 Å². The van der Waals surface area contributed by atoms with Crippen LogP contribution in [0.1, 0.15) is 38.5 Å². The molecule has 1 rings (SSSR count). The summed E-state index contributed by atoms with van der Waals surface area (Å²) >= 11 is 1.86. The van der Waals surface area contributed by atoms with E-state index in [0.29, 0.717) is 6.04 Å². The Bertz CT molecular complexity index is 309. The third kappa shape index (κ3) is 7.71. The lowest BCUT2D eigenvalue weighted by molar-refractivity contribution is 0.256. The summed E-state index contributed by atoms with van der Waals surface area (Å²) in [6.07, 6.45) is 3.80. The van der Waals surface area contributed by atoms with Crippen molar-refractivity contribution < 1.29 is 0 Å². The standard InChI is InChI=1S/C16H30N2S/c1-14(2)7-5-9-17-10-11-18(4)15(3)13-16-8-6-12-19-16/h6,8,12,14-15,17H,5,7,9-11,13H2,1-4H3. The van der Waals surface area contributed by atoms with Gasteiger partial charge in [-0.25, -0.2) is 0 Å². The second-order valence-corrected chi connectivity index (χ2v) is 6.93. The van der Waals surface area contributed by atoms with Crippen molar-refractivity contribution >= 4 is 11.3 Å². The van der Waals surface area contributed by atoms with Gasteiger partial charge in [0, 0.05) is 24.0 Å². The number of nitrogens with one attached hydrogen (secondary N) is 1. The van der Waals surface area contributed by atoms with E-state index in [4.69, 9.17) is 0 Å². The van der Waals surface area contributed by atoms with Crippen LogP contribution in [0.5, 0.6) is 0 Å². The molecule has 1 atom stereocenters. The third-order valence-corrected chi connectivity index (χ3v) is 4.50. The first-order valence-corrected chi connectivity index (χ1v) is 8.41. The zero-order valence-electron chi connectivity index (χ0n) is 13.0. The molecular weight excluding hydrogens is 252 g/mol. The average molecular weight is 282 g/mol. The molecule has 0 aliphatic heterocycles. The monoisotopic (exact) mass is 282 g/mol. The summed E-state index contributed by atoms with van der Waals surface area (Å²) in [5.41, 5.74) is 0. The highest BCUT2D eigenvalue weighted by molar-refractivity contribution is 7.09. The summed E-state index contributed by atoms with van der Waals surface area (Å²) in [5, 5.41) is 5.71. The van der Waals surface area contributed by atoms with Crippen molar-refractivity contribution in [3.05, 3.63) is 22.4 Å². The molecule has 0 saturated carbocycles. The Morgan fingerprint density at radius 2 is 2.05 bits per heavy atom. The number of hydrogen-bond acceptors (Lipinski definition) is 3. The minimum atomic E-state index is 0.621. The molecule has 0 amide bonds. The van der Waals surface area contributed by atoms with E-state index < -0.39 is 0 Å². The minimum Gasteiger partial charge on any atom is -0.315 e. The maximum Gasteiger partial charge on any atom is 0.0113 e. The SMILES string of the molecule is CC(C)CCCNCCN(C)C(C)Cc1cccs1. The molecule has 0 aliphatic carbocycles. The average Bonchev–Trinajstić information content (AvgIpc) is 2.85. The van der Waals surface area contributed by atoms with Gasteiger partial charge in [0.25, 0.3) is 0 Å². The van der Waals surface area contributed by atoms with Crippen molar-refractivity contribution in [2.75, 3.05) is 26.7 Å². The first kappa shape index (κ1) is 16.7. The van der Waals surface area contributed by atoms with Crippen molar-refractivity contribution in [1.82, 2.24) is 10.2 Å². The van der Waals surface area contributed by atoms with Crippen molar-refractivity contribution in [2.24, 2.45) is 5.92 Å². The molecule has 0 aliphatic rings. The second kappa shape index (κ2) is 9.51. The van der Waals surface area contributed by atoms with E-state index >= 15 is 0 Å². The first-order valence-electron chi connectivity index (χ1n) is 7.53. The Morgan fingerprint density at radius 1 is 1.26 bits per heavy atom. The number of rotatable bonds is 10. The largest absolute Gasteiger partial charge is 0.315 e. The van der Waals surface area contributed by atoms with Crippen molar-refractivity contribution in [3.8, 4) is 0 Å². The lowest BCUT2D eigenvalue weighted by Gasteiger charge is -2.24. The molecule has 3 heteroatoms.